The first-order chi connectivity index (χ1) is 6.20. The number of thiophene rings is 1. The van der Waals surface area contributed by atoms with E-state index in [1.54, 1.807) is 23.9 Å². The molecule has 0 fully saturated rings. The average molecular weight is 212 g/mol. The van der Waals surface area contributed by atoms with Gasteiger partial charge in [0.25, 0.3) is 0 Å². The Kier molecular flexibility index (Phi) is 2.09. The number of phenolic OH excluding ortho intramolecular Hbond substituents is 1. The van der Waals surface area contributed by atoms with Crippen molar-refractivity contribution in [1.82, 2.24) is 0 Å². The van der Waals surface area contributed by atoms with E-state index < -0.39 is 0 Å². The van der Waals surface area contributed by atoms with Gasteiger partial charge in [-0.25, -0.2) is 0 Å². The van der Waals surface area contributed by atoms with Crippen molar-refractivity contribution in [1.29, 1.82) is 0 Å². The first-order valence-electron chi connectivity index (χ1n) is 3.70. The lowest BCUT2D eigenvalue weighted by Gasteiger charge is -1.98. The Bertz CT molecular complexity index is 448. The summed E-state index contributed by atoms with van der Waals surface area (Å²) in [5.41, 5.74) is 0. The molecule has 0 atom stereocenters. The maximum atomic E-state index is 9.58. The van der Waals surface area contributed by atoms with E-state index in [1.165, 1.54) is 11.3 Å². The van der Waals surface area contributed by atoms with Crippen LogP contribution in [0.5, 0.6) is 10.8 Å². The molecular formula is C9H8O2S2. The van der Waals surface area contributed by atoms with Gasteiger partial charge in [-0.15, -0.1) is 11.8 Å². The van der Waals surface area contributed by atoms with Gasteiger partial charge in [0.1, 0.15) is 5.75 Å². The van der Waals surface area contributed by atoms with Crippen LogP contribution in [0, 0.1) is 0 Å². The molecule has 2 rings (SSSR count). The number of rotatable bonds is 1. The van der Waals surface area contributed by atoms with E-state index in [9.17, 15) is 10.2 Å². The molecule has 0 bridgehead atoms. The second kappa shape index (κ2) is 3.12. The van der Waals surface area contributed by atoms with Gasteiger partial charge in [0.15, 0.2) is 5.06 Å². The Morgan fingerprint density at radius 1 is 1.23 bits per heavy atom. The van der Waals surface area contributed by atoms with E-state index in [2.05, 4.69) is 0 Å². The summed E-state index contributed by atoms with van der Waals surface area (Å²) >= 11 is 2.76. The molecule has 2 aromatic rings. The predicted molar refractivity (Wildman–Crippen MR) is 56.9 cm³/mol. The van der Waals surface area contributed by atoms with Crippen molar-refractivity contribution in [3.8, 4) is 10.8 Å². The molecule has 0 amide bonds. The molecule has 0 radical (unpaired) electrons. The van der Waals surface area contributed by atoms with Crippen LogP contribution in [0.4, 0.5) is 0 Å². The first kappa shape index (κ1) is 8.72. The molecular weight excluding hydrogens is 204 g/mol. The van der Waals surface area contributed by atoms with E-state index in [-0.39, 0.29) is 10.8 Å². The van der Waals surface area contributed by atoms with Gasteiger partial charge in [0.2, 0.25) is 0 Å². The minimum atomic E-state index is 0.239. The molecule has 2 N–H and O–H groups in total. The molecule has 2 nitrogen and oxygen atoms in total. The minimum absolute atomic E-state index is 0.239. The highest BCUT2D eigenvalue weighted by molar-refractivity contribution is 7.98. The topological polar surface area (TPSA) is 40.5 Å². The van der Waals surface area contributed by atoms with Crippen molar-refractivity contribution in [2.45, 2.75) is 4.90 Å². The van der Waals surface area contributed by atoms with Gasteiger partial charge >= 0.3 is 0 Å². The maximum Gasteiger partial charge on any atom is 0.172 e. The molecule has 68 valence electrons. The van der Waals surface area contributed by atoms with Crippen molar-refractivity contribution < 1.29 is 10.2 Å². The first-order valence-corrected chi connectivity index (χ1v) is 5.74. The second-order valence-electron chi connectivity index (χ2n) is 2.65. The number of fused-ring (bicyclic) bond motifs is 1. The Morgan fingerprint density at radius 2 is 2.00 bits per heavy atom. The number of aromatic hydroxyl groups is 2. The SMILES string of the molecule is CSc1cc(O)c2sc(O)cc2c1. The van der Waals surface area contributed by atoms with Crippen LogP contribution in [0.3, 0.4) is 0 Å². The van der Waals surface area contributed by atoms with Gasteiger partial charge in [-0.1, -0.05) is 11.3 Å². The van der Waals surface area contributed by atoms with Gasteiger partial charge < -0.3 is 10.2 Å². The largest absolute Gasteiger partial charge is 0.506 e. The third-order valence-electron chi connectivity index (χ3n) is 1.79. The zero-order chi connectivity index (χ0) is 9.42. The Morgan fingerprint density at radius 3 is 2.69 bits per heavy atom. The molecule has 0 spiro atoms. The molecule has 0 aliphatic heterocycles. The number of phenols is 1. The molecule has 0 aliphatic carbocycles. The van der Waals surface area contributed by atoms with Gasteiger partial charge in [-0.05, 0) is 24.5 Å². The van der Waals surface area contributed by atoms with Crippen LogP contribution in [0.25, 0.3) is 10.1 Å². The number of benzene rings is 1. The fourth-order valence-corrected chi connectivity index (χ4v) is 2.48. The highest BCUT2D eigenvalue weighted by atomic mass is 32.2. The fourth-order valence-electron chi connectivity index (χ4n) is 1.21. The third-order valence-corrected chi connectivity index (χ3v) is 3.48. The van der Waals surface area contributed by atoms with Crippen molar-refractivity contribution in [2.24, 2.45) is 0 Å². The Labute approximate surface area is 83.8 Å². The molecule has 0 saturated carbocycles. The van der Waals surface area contributed by atoms with Crippen molar-refractivity contribution in [3.05, 3.63) is 18.2 Å². The maximum absolute atomic E-state index is 9.58. The van der Waals surface area contributed by atoms with Crippen LogP contribution >= 0.6 is 23.1 Å². The zero-order valence-electron chi connectivity index (χ0n) is 6.94. The van der Waals surface area contributed by atoms with Crippen molar-refractivity contribution >= 4 is 33.2 Å². The van der Waals surface area contributed by atoms with Gasteiger partial charge in [0, 0.05) is 10.3 Å². The molecule has 1 heterocycles. The lowest BCUT2D eigenvalue weighted by atomic mass is 10.2. The summed E-state index contributed by atoms with van der Waals surface area (Å²) < 4.78 is 0.746. The highest BCUT2D eigenvalue weighted by Crippen LogP contribution is 2.38. The zero-order valence-corrected chi connectivity index (χ0v) is 8.58. The van der Waals surface area contributed by atoms with E-state index in [4.69, 9.17) is 0 Å². The normalized spacial score (nSPS) is 10.8. The number of thioether (sulfide) groups is 1. The van der Waals surface area contributed by atoms with Gasteiger partial charge in [0.05, 0.1) is 4.70 Å². The van der Waals surface area contributed by atoms with Crippen LogP contribution in [0.1, 0.15) is 0 Å². The lowest BCUT2D eigenvalue weighted by molar-refractivity contribution is 0.481. The monoisotopic (exact) mass is 212 g/mol. The van der Waals surface area contributed by atoms with E-state index in [1.807, 2.05) is 12.3 Å². The van der Waals surface area contributed by atoms with Crippen molar-refractivity contribution in [3.63, 3.8) is 0 Å². The van der Waals surface area contributed by atoms with Crippen LogP contribution in [-0.2, 0) is 0 Å². The van der Waals surface area contributed by atoms with E-state index >= 15 is 0 Å². The summed E-state index contributed by atoms with van der Waals surface area (Å²) in [7, 11) is 0. The summed E-state index contributed by atoms with van der Waals surface area (Å²) in [4.78, 5) is 1.00. The fraction of sp³-hybridized carbons (Fsp3) is 0.111. The lowest BCUT2D eigenvalue weighted by Crippen LogP contribution is -1.70. The smallest absolute Gasteiger partial charge is 0.172 e. The predicted octanol–water partition coefficient (Wildman–Crippen LogP) is 3.03. The average Bonchev–Trinajstić information content (AvgIpc) is 2.46. The number of hydrogen-bond acceptors (Lipinski definition) is 4. The highest BCUT2D eigenvalue weighted by Gasteiger charge is 2.06. The van der Waals surface area contributed by atoms with Crippen LogP contribution in [0.15, 0.2) is 23.1 Å². The second-order valence-corrected chi connectivity index (χ2v) is 4.56. The Balaban J connectivity index is 2.75. The molecule has 13 heavy (non-hydrogen) atoms. The summed E-state index contributed by atoms with van der Waals surface area (Å²) in [6, 6.07) is 5.33. The molecule has 1 aromatic carbocycles. The summed E-state index contributed by atoms with van der Waals surface area (Å²) in [5, 5.41) is 20.0. The minimum Gasteiger partial charge on any atom is -0.506 e. The standard InChI is InChI=1S/C9H8O2S2/c1-12-6-2-5-3-8(11)13-9(5)7(10)4-6/h2-4,10-11H,1H3. The van der Waals surface area contributed by atoms with E-state index in [0.29, 0.717) is 0 Å². The molecule has 0 saturated heterocycles. The summed E-state index contributed by atoms with van der Waals surface area (Å²) in [6.07, 6.45) is 1.95. The van der Waals surface area contributed by atoms with Crippen molar-refractivity contribution in [2.75, 3.05) is 6.26 Å². The molecule has 0 unspecified atom stereocenters. The van der Waals surface area contributed by atoms with Crippen LogP contribution in [-0.4, -0.2) is 16.5 Å². The Hall–Kier alpha value is -0.870. The molecule has 0 aliphatic rings. The van der Waals surface area contributed by atoms with Gasteiger partial charge in [-0.3, -0.25) is 0 Å². The molecule has 1 aromatic heterocycles. The quantitative estimate of drug-likeness (QED) is 0.714. The summed E-state index contributed by atoms with van der Waals surface area (Å²) in [5.74, 6) is 0.243. The molecule has 4 heteroatoms. The van der Waals surface area contributed by atoms with Crippen LogP contribution < -0.4 is 0 Å². The van der Waals surface area contributed by atoms with E-state index in [0.717, 1.165) is 15.0 Å². The van der Waals surface area contributed by atoms with Crippen LogP contribution in [0.2, 0.25) is 0 Å². The van der Waals surface area contributed by atoms with Gasteiger partial charge in [-0.2, -0.15) is 0 Å². The number of hydrogen-bond donors (Lipinski definition) is 2. The third kappa shape index (κ3) is 1.47. The summed E-state index contributed by atoms with van der Waals surface area (Å²) in [6.45, 7) is 0.